The fourth-order valence-corrected chi connectivity index (χ4v) is 2.90. The lowest BCUT2D eigenvalue weighted by atomic mass is 10.1. The van der Waals surface area contributed by atoms with Gasteiger partial charge in [-0.25, -0.2) is 0 Å². The minimum Gasteiger partial charge on any atom is -0.341 e. The Kier molecular flexibility index (Phi) is 3.26. The van der Waals surface area contributed by atoms with Crippen molar-refractivity contribution in [2.45, 2.75) is 19.9 Å². The van der Waals surface area contributed by atoms with E-state index >= 15 is 0 Å². The van der Waals surface area contributed by atoms with Gasteiger partial charge in [0.25, 0.3) is 0 Å². The predicted octanol–water partition coefficient (Wildman–Crippen LogP) is 3.41. The molecule has 3 rings (SSSR count). The first-order valence-electron chi connectivity index (χ1n) is 6.89. The van der Waals surface area contributed by atoms with Gasteiger partial charge in [0.1, 0.15) is 0 Å². The van der Waals surface area contributed by atoms with Crippen LogP contribution >= 0.6 is 0 Å². The summed E-state index contributed by atoms with van der Waals surface area (Å²) < 4.78 is 0. The molecule has 0 aliphatic carbocycles. The van der Waals surface area contributed by atoms with Crippen molar-refractivity contribution in [3.05, 3.63) is 59.2 Å². The minimum absolute atomic E-state index is 0.912. The molecule has 19 heavy (non-hydrogen) atoms. The summed E-state index contributed by atoms with van der Waals surface area (Å²) in [4.78, 5) is 2.45. The first-order valence-corrected chi connectivity index (χ1v) is 6.89. The van der Waals surface area contributed by atoms with E-state index < -0.39 is 0 Å². The molecule has 0 atom stereocenters. The Morgan fingerprint density at radius 1 is 1.11 bits per heavy atom. The highest BCUT2D eigenvalue weighted by atomic mass is 15.2. The van der Waals surface area contributed by atoms with Crippen molar-refractivity contribution in [3.63, 3.8) is 0 Å². The van der Waals surface area contributed by atoms with Crippen LogP contribution in [0, 0.1) is 6.92 Å². The van der Waals surface area contributed by atoms with E-state index in [-0.39, 0.29) is 0 Å². The molecule has 2 aromatic rings. The molecule has 0 unspecified atom stereocenters. The molecule has 0 bridgehead atoms. The predicted molar refractivity (Wildman–Crippen MR) is 81.1 cm³/mol. The van der Waals surface area contributed by atoms with Gasteiger partial charge in [-0.2, -0.15) is 0 Å². The molecule has 1 heterocycles. The van der Waals surface area contributed by atoms with Gasteiger partial charge in [0.2, 0.25) is 0 Å². The van der Waals surface area contributed by atoms with Gasteiger partial charge in [0, 0.05) is 24.5 Å². The number of anilines is 2. The maximum Gasteiger partial charge on any atom is 0.0456 e. The van der Waals surface area contributed by atoms with Crippen LogP contribution in [0.3, 0.4) is 0 Å². The maximum atomic E-state index is 3.27. The number of hydrogen-bond acceptors (Lipinski definition) is 2. The highest BCUT2D eigenvalue weighted by Gasteiger charge is 2.21. The van der Waals surface area contributed by atoms with Gasteiger partial charge in [-0.05, 0) is 43.7 Å². The average molecular weight is 252 g/mol. The number of nitrogens with one attached hydrogen (secondary N) is 1. The summed E-state index contributed by atoms with van der Waals surface area (Å²) in [5, 5.41) is 3.27. The van der Waals surface area contributed by atoms with Crippen LogP contribution in [-0.4, -0.2) is 13.6 Å². The highest BCUT2D eigenvalue weighted by Crippen LogP contribution is 2.36. The lowest BCUT2D eigenvalue weighted by molar-refractivity contribution is 0.812. The van der Waals surface area contributed by atoms with Crippen LogP contribution in [0.25, 0.3) is 0 Å². The van der Waals surface area contributed by atoms with Gasteiger partial charge >= 0.3 is 0 Å². The number of aryl methyl sites for hydroxylation is 1. The Hall–Kier alpha value is -1.80. The molecule has 1 aliphatic heterocycles. The summed E-state index contributed by atoms with van der Waals surface area (Å²) in [7, 11) is 2.00. The van der Waals surface area contributed by atoms with Gasteiger partial charge in [-0.15, -0.1) is 0 Å². The molecule has 2 nitrogen and oxygen atoms in total. The number of benzene rings is 2. The van der Waals surface area contributed by atoms with Gasteiger partial charge < -0.3 is 10.2 Å². The van der Waals surface area contributed by atoms with Crippen molar-refractivity contribution in [2.24, 2.45) is 0 Å². The second-order valence-electron chi connectivity index (χ2n) is 5.19. The molecule has 0 radical (unpaired) electrons. The van der Waals surface area contributed by atoms with Crippen LogP contribution in [0.4, 0.5) is 11.4 Å². The van der Waals surface area contributed by atoms with E-state index in [0.29, 0.717) is 0 Å². The highest BCUT2D eigenvalue weighted by molar-refractivity contribution is 5.72. The molecule has 0 amide bonds. The quantitative estimate of drug-likeness (QED) is 0.900. The van der Waals surface area contributed by atoms with Gasteiger partial charge in [-0.1, -0.05) is 35.9 Å². The topological polar surface area (TPSA) is 15.3 Å². The summed E-state index contributed by atoms with van der Waals surface area (Å²) in [6, 6.07) is 15.5. The molecule has 0 fully saturated rings. The molecule has 0 spiro atoms. The smallest absolute Gasteiger partial charge is 0.0456 e. The van der Waals surface area contributed by atoms with Crippen molar-refractivity contribution in [3.8, 4) is 0 Å². The largest absolute Gasteiger partial charge is 0.341 e. The van der Waals surface area contributed by atoms with Gasteiger partial charge in [-0.3, -0.25) is 0 Å². The fourth-order valence-electron chi connectivity index (χ4n) is 2.90. The number of hydrogen-bond donors (Lipinski definition) is 1. The van der Waals surface area contributed by atoms with E-state index in [1.165, 1.54) is 28.1 Å². The number of para-hydroxylation sites is 1. The van der Waals surface area contributed by atoms with E-state index in [1.807, 2.05) is 7.05 Å². The first kappa shape index (κ1) is 12.2. The van der Waals surface area contributed by atoms with E-state index in [2.05, 4.69) is 59.6 Å². The molecular weight excluding hydrogens is 232 g/mol. The molecule has 0 saturated carbocycles. The molecule has 2 heteroatoms. The van der Waals surface area contributed by atoms with Crippen molar-refractivity contribution in [1.82, 2.24) is 5.32 Å². The summed E-state index contributed by atoms with van der Waals surface area (Å²) in [6.07, 6.45) is 1.14. The lowest BCUT2D eigenvalue weighted by Gasteiger charge is -2.23. The van der Waals surface area contributed by atoms with E-state index in [1.54, 1.807) is 0 Å². The van der Waals surface area contributed by atoms with Crippen LogP contribution in [-0.2, 0) is 13.0 Å². The third-order valence-corrected chi connectivity index (χ3v) is 3.78. The number of fused-ring (bicyclic) bond motifs is 1. The molecule has 2 aromatic carbocycles. The molecular formula is C17H20N2. The Morgan fingerprint density at radius 2 is 1.95 bits per heavy atom. The lowest BCUT2D eigenvalue weighted by Crippen LogP contribution is -2.17. The van der Waals surface area contributed by atoms with Crippen LogP contribution in [0.5, 0.6) is 0 Å². The van der Waals surface area contributed by atoms with Crippen molar-refractivity contribution < 1.29 is 0 Å². The third-order valence-electron chi connectivity index (χ3n) is 3.78. The molecule has 1 aliphatic rings. The molecule has 1 N–H and O–H groups in total. The first-order chi connectivity index (χ1) is 9.29. The molecule has 0 aromatic heterocycles. The molecule has 0 saturated heterocycles. The van der Waals surface area contributed by atoms with E-state index in [9.17, 15) is 0 Å². The van der Waals surface area contributed by atoms with Crippen molar-refractivity contribution in [2.75, 3.05) is 18.5 Å². The van der Waals surface area contributed by atoms with Crippen LogP contribution in [0.1, 0.15) is 16.7 Å². The second-order valence-corrected chi connectivity index (χ2v) is 5.19. The van der Waals surface area contributed by atoms with Crippen molar-refractivity contribution >= 4 is 11.4 Å². The Balaban J connectivity index is 2.04. The Labute approximate surface area is 115 Å². The second kappa shape index (κ2) is 5.06. The summed E-state index contributed by atoms with van der Waals surface area (Å²) in [5.74, 6) is 0. The van der Waals surface area contributed by atoms with Gasteiger partial charge in [0.15, 0.2) is 0 Å². The van der Waals surface area contributed by atoms with E-state index in [4.69, 9.17) is 0 Å². The fraction of sp³-hybridized carbons (Fsp3) is 0.294. The third kappa shape index (κ3) is 2.24. The SMILES string of the molecule is CNCc1cc(C)ccc1N1CCc2ccccc21. The van der Waals surface area contributed by atoms with Gasteiger partial charge in [0.05, 0.1) is 0 Å². The van der Waals surface area contributed by atoms with Crippen LogP contribution in [0.15, 0.2) is 42.5 Å². The standard InChI is InChI=1S/C17H20N2/c1-13-7-8-17(15(11-13)12-18-2)19-10-9-14-5-3-4-6-16(14)19/h3-8,11,18H,9-10,12H2,1-2H3. The Morgan fingerprint density at radius 3 is 2.79 bits per heavy atom. The average Bonchev–Trinajstić information content (AvgIpc) is 2.83. The Bertz CT molecular complexity index is 590. The number of rotatable bonds is 3. The normalized spacial score (nSPS) is 13.7. The molecule has 98 valence electrons. The monoisotopic (exact) mass is 252 g/mol. The summed E-state index contributed by atoms with van der Waals surface area (Å²) >= 11 is 0. The maximum absolute atomic E-state index is 3.27. The summed E-state index contributed by atoms with van der Waals surface area (Å²) in [6.45, 7) is 4.15. The number of nitrogens with zero attached hydrogens (tertiary/aromatic N) is 1. The summed E-state index contributed by atoms with van der Waals surface area (Å²) in [5.41, 5.74) is 6.85. The zero-order valence-corrected chi connectivity index (χ0v) is 11.6. The zero-order valence-electron chi connectivity index (χ0n) is 11.6. The zero-order chi connectivity index (χ0) is 13.2. The van der Waals surface area contributed by atoms with Crippen LogP contribution < -0.4 is 10.2 Å². The van der Waals surface area contributed by atoms with Crippen LogP contribution in [0.2, 0.25) is 0 Å². The van der Waals surface area contributed by atoms with Crippen molar-refractivity contribution in [1.29, 1.82) is 0 Å². The minimum atomic E-state index is 0.912. The van der Waals surface area contributed by atoms with E-state index in [0.717, 1.165) is 19.5 Å².